The predicted molar refractivity (Wildman–Crippen MR) is 78.1 cm³/mol. The quantitative estimate of drug-likeness (QED) is 0.842. The van der Waals surface area contributed by atoms with Gasteiger partial charge in [-0.2, -0.15) is 0 Å². The molecule has 4 atom stereocenters. The van der Waals surface area contributed by atoms with Crippen molar-refractivity contribution in [1.82, 2.24) is 5.32 Å². The van der Waals surface area contributed by atoms with Crippen molar-refractivity contribution in [2.45, 2.75) is 57.3 Å². The smallest absolute Gasteiger partial charge is 0.123 e. The Balaban J connectivity index is 1.81. The first-order valence-corrected chi connectivity index (χ1v) is 7.75. The third-order valence-corrected chi connectivity index (χ3v) is 4.83. The number of nitrogens with one attached hydrogen (secondary N) is 1. The zero-order valence-electron chi connectivity index (χ0n) is 12.4. The van der Waals surface area contributed by atoms with Gasteiger partial charge >= 0.3 is 0 Å². The molecular weight excluding hydrogens is 253 g/mol. The molecule has 1 aromatic carbocycles. The van der Waals surface area contributed by atoms with E-state index in [1.165, 1.54) is 25.0 Å². The Bertz CT molecular complexity index is 461. The summed E-state index contributed by atoms with van der Waals surface area (Å²) in [5.41, 5.74) is 1.05. The molecule has 1 aliphatic carbocycles. The molecule has 0 amide bonds. The second-order valence-corrected chi connectivity index (χ2v) is 6.64. The average molecular weight is 277 g/mol. The van der Waals surface area contributed by atoms with Gasteiger partial charge in [-0.3, -0.25) is 0 Å². The van der Waals surface area contributed by atoms with Crippen LogP contribution < -0.4 is 5.32 Å². The predicted octanol–water partition coefficient (Wildman–Crippen LogP) is 3.82. The number of ether oxygens (including phenoxy) is 1. The van der Waals surface area contributed by atoms with Gasteiger partial charge in [0.2, 0.25) is 0 Å². The first kappa shape index (κ1) is 14.0. The van der Waals surface area contributed by atoms with E-state index >= 15 is 0 Å². The fourth-order valence-electron chi connectivity index (χ4n) is 3.76. The fourth-order valence-corrected chi connectivity index (χ4v) is 3.76. The number of benzene rings is 1. The Morgan fingerprint density at radius 1 is 1.25 bits per heavy atom. The van der Waals surface area contributed by atoms with E-state index in [2.05, 4.69) is 19.2 Å². The summed E-state index contributed by atoms with van der Waals surface area (Å²) in [5, 5.41) is 3.61. The molecule has 1 saturated heterocycles. The highest BCUT2D eigenvalue weighted by molar-refractivity contribution is 5.21. The lowest BCUT2D eigenvalue weighted by Crippen LogP contribution is -2.56. The van der Waals surface area contributed by atoms with E-state index in [0.717, 1.165) is 30.9 Å². The van der Waals surface area contributed by atoms with Crippen LogP contribution in [0.25, 0.3) is 0 Å². The van der Waals surface area contributed by atoms with Crippen LogP contribution >= 0.6 is 0 Å². The van der Waals surface area contributed by atoms with Gasteiger partial charge in [0.25, 0.3) is 0 Å². The van der Waals surface area contributed by atoms with Crippen molar-refractivity contribution in [2.75, 3.05) is 6.54 Å². The molecular formula is C17H24FNO. The second-order valence-electron chi connectivity index (χ2n) is 6.64. The van der Waals surface area contributed by atoms with Crippen LogP contribution in [0.1, 0.15) is 51.2 Å². The molecule has 1 aromatic rings. The molecule has 0 radical (unpaired) electrons. The summed E-state index contributed by atoms with van der Waals surface area (Å²) in [5.74, 6) is 0.541. The molecule has 0 bridgehead atoms. The fraction of sp³-hybridized carbons (Fsp3) is 0.647. The minimum Gasteiger partial charge on any atom is -0.364 e. The standard InChI is InChI=1S/C17H24FNO/c1-12-4-3-9-17(10-12)11-19-13(2)16(20-17)14-5-7-15(18)8-6-14/h5-8,12-13,16,19H,3-4,9-11H2,1-2H3. The number of rotatable bonds is 1. The van der Waals surface area contributed by atoms with Crippen LogP contribution in [0, 0.1) is 11.7 Å². The summed E-state index contributed by atoms with van der Waals surface area (Å²) in [6.07, 6.45) is 4.84. The molecule has 1 aliphatic heterocycles. The maximum Gasteiger partial charge on any atom is 0.123 e. The zero-order valence-corrected chi connectivity index (χ0v) is 12.4. The van der Waals surface area contributed by atoms with Crippen molar-refractivity contribution in [3.63, 3.8) is 0 Å². The van der Waals surface area contributed by atoms with E-state index in [0.29, 0.717) is 0 Å². The van der Waals surface area contributed by atoms with Gasteiger partial charge < -0.3 is 10.1 Å². The highest BCUT2D eigenvalue weighted by Crippen LogP contribution is 2.41. The maximum absolute atomic E-state index is 13.1. The van der Waals surface area contributed by atoms with E-state index in [1.807, 2.05) is 12.1 Å². The van der Waals surface area contributed by atoms with E-state index in [-0.39, 0.29) is 23.6 Å². The average Bonchev–Trinajstić information content (AvgIpc) is 2.43. The molecule has 20 heavy (non-hydrogen) atoms. The Morgan fingerprint density at radius 2 is 2.00 bits per heavy atom. The van der Waals surface area contributed by atoms with E-state index in [9.17, 15) is 4.39 Å². The topological polar surface area (TPSA) is 21.3 Å². The minimum absolute atomic E-state index is 0.0228. The Labute approximate surface area is 120 Å². The molecule has 2 aliphatic rings. The van der Waals surface area contributed by atoms with Gasteiger partial charge in [-0.15, -0.1) is 0 Å². The normalized spacial score (nSPS) is 38.0. The van der Waals surface area contributed by atoms with E-state index < -0.39 is 0 Å². The van der Waals surface area contributed by atoms with Gasteiger partial charge in [0.1, 0.15) is 5.82 Å². The van der Waals surface area contributed by atoms with Crippen LogP contribution in [0.5, 0.6) is 0 Å². The van der Waals surface area contributed by atoms with Crippen LogP contribution in [0.15, 0.2) is 24.3 Å². The summed E-state index contributed by atoms with van der Waals surface area (Å²) < 4.78 is 19.6. The van der Waals surface area contributed by atoms with Gasteiger partial charge in [-0.25, -0.2) is 4.39 Å². The summed E-state index contributed by atoms with van der Waals surface area (Å²) in [7, 11) is 0. The molecule has 3 rings (SSSR count). The van der Waals surface area contributed by atoms with Crippen LogP contribution in [0.3, 0.4) is 0 Å². The molecule has 2 fully saturated rings. The lowest BCUT2D eigenvalue weighted by Gasteiger charge is -2.48. The van der Waals surface area contributed by atoms with Crippen molar-refractivity contribution < 1.29 is 9.13 Å². The molecule has 1 saturated carbocycles. The van der Waals surface area contributed by atoms with Crippen molar-refractivity contribution in [3.05, 3.63) is 35.6 Å². The Hall–Kier alpha value is -0.930. The second kappa shape index (κ2) is 5.45. The molecule has 1 heterocycles. The van der Waals surface area contributed by atoms with Crippen LogP contribution in [-0.2, 0) is 4.74 Å². The monoisotopic (exact) mass is 277 g/mol. The van der Waals surface area contributed by atoms with Gasteiger partial charge in [0, 0.05) is 12.6 Å². The first-order valence-electron chi connectivity index (χ1n) is 7.75. The van der Waals surface area contributed by atoms with Crippen LogP contribution in [-0.4, -0.2) is 18.2 Å². The largest absolute Gasteiger partial charge is 0.364 e. The zero-order chi connectivity index (χ0) is 14.2. The van der Waals surface area contributed by atoms with Crippen molar-refractivity contribution >= 4 is 0 Å². The number of hydrogen-bond donors (Lipinski definition) is 1. The van der Waals surface area contributed by atoms with Crippen LogP contribution in [0.4, 0.5) is 4.39 Å². The molecule has 1 N–H and O–H groups in total. The molecule has 0 aromatic heterocycles. The highest BCUT2D eigenvalue weighted by Gasteiger charge is 2.43. The summed E-state index contributed by atoms with van der Waals surface area (Å²) in [6.45, 7) is 5.40. The first-order chi connectivity index (χ1) is 9.58. The number of morpholine rings is 1. The van der Waals surface area contributed by atoms with Gasteiger partial charge in [0.15, 0.2) is 0 Å². The number of hydrogen-bond acceptors (Lipinski definition) is 2. The van der Waals surface area contributed by atoms with E-state index in [4.69, 9.17) is 4.74 Å². The number of halogens is 1. The summed E-state index contributed by atoms with van der Waals surface area (Å²) >= 11 is 0. The molecule has 3 heteroatoms. The third kappa shape index (κ3) is 2.75. The molecule has 1 spiro atoms. The Morgan fingerprint density at radius 3 is 2.70 bits per heavy atom. The Kier molecular flexibility index (Phi) is 3.83. The van der Waals surface area contributed by atoms with Crippen molar-refractivity contribution in [3.8, 4) is 0 Å². The third-order valence-electron chi connectivity index (χ3n) is 4.83. The lowest BCUT2D eigenvalue weighted by atomic mass is 9.77. The van der Waals surface area contributed by atoms with Gasteiger partial charge in [-0.1, -0.05) is 31.9 Å². The van der Waals surface area contributed by atoms with Gasteiger partial charge in [0.05, 0.1) is 11.7 Å². The summed E-state index contributed by atoms with van der Waals surface area (Å²) in [6, 6.07) is 7.02. The SMILES string of the molecule is CC1CCCC2(CNC(C)C(c3ccc(F)cc3)O2)C1. The highest BCUT2D eigenvalue weighted by atomic mass is 19.1. The molecule has 110 valence electrons. The summed E-state index contributed by atoms with van der Waals surface area (Å²) in [4.78, 5) is 0. The van der Waals surface area contributed by atoms with Gasteiger partial charge in [-0.05, 0) is 43.4 Å². The lowest BCUT2D eigenvalue weighted by molar-refractivity contribution is -0.158. The van der Waals surface area contributed by atoms with Crippen LogP contribution in [0.2, 0.25) is 0 Å². The van der Waals surface area contributed by atoms with Crippen molar-refractivity contribution in [1.29, 1.82) is 0 Å². The van der Waals surface area contributed by atoms with E-state index in [1.54, 1.807) is 0 Å². The molecule has 2 nitrogen and oxygen atoms in total. The van der Waals surface area contributed by atoms with Crippen molar-refractivity contribution in [2.24, 2.45) is 5.92 Å². The minimum atomic E-state index is -0.189. The molecule has 4 unspecified atom stereocenters. The maximum atomic E-state index is 13.1.